The highest BCUT2D eigenvalue weighted by molar-refractivity contribution is 9.10. The number of nitrogens with one attached hydrogen (secondary N) is 1. The topological polar surface area (TPSA) is 27.6 Å². The molecule has 0 amide bonds. The van der Waals surface area contributed by atoms with E-state index in [0.29, 0.717) is 0 Å². The van der Waals surface area contributed by atoms with Gasteiger partial charge in [0.15, 0.2) is 5.96 Å². The standard InChI is InChI=1S/C13H18BrN3/c1-15-13(17-8-2-3-9-17)16-10-11-4-6-12(14)7-5-11/h4-7H,2-3,8-10H2,1H3,(H,15,16). The van der Waals surface area contributed by atoms with E-state index in [2.05, 4.69) is 55.4 Å². The van der Waals surface area contributed by atoms with E-state index in [-0.39, 0.29) is 0 Å². The Labute approximate surface area is 111 Å². The molecule has 0 aromatic heterocycles. The number of guanidine groups is 1. The first kappa shape index (κ1) is 12.4. The molecule has 0 spiro atoms. The fourth-order valence-corrected chi connectivity index (χ4v) is 2.31. The predicted octanol–water partition coefficient (Wildman–Crippen LogP) is 2.62. The third-order valence-corrected chi connectivity index (χ3v) is 3.51. The van der Waals surface area contributed by atoms with Gasteiger partial charge in [-0.25, -0.2) is 0 Å². The van der Waals surface area contributed by atoms with Gasteiger partial charge in [0, 0.05) is 31.2 Å². The third-order valence-electron chi connectivity index (χ3n) is 2.98. The van der Waals surface area contributed by atoms with Crippen molar-refractivity contribution >= 4 is 21.9 Å². The van der Waals surface area contributed by atoms with Gasteiger partial charge in [0.2, 0.25) is 0 Å². The van der Waals surface area contributed by atoms with Crippen LogP contribution < -0.4 is 5.32 Å². The van der Waals surface area contributed by atoms with E-state index in [9.17, 15) is 0 Å². The monoisotopic (exact) mass is 295 g/mol. The number of hydrogen-bond acceptors (Lipinski definition) is 1. The van der Waals surface area contributed by atoms with E-state index in [1.165, 1.54) is 18.4 Å². The molecule has 1 N–H and O–H groups in total. The third kappa shape index (κ3) is 3.46. The van der Waals surface area contributed by atoms with Crippen LogP contribution in [0.2, 0.25) is 0 Å². The molecule has 1 heterocycles. The molecular weight excluding hydrogens is 278 g/mol. The lowest BCUT2D eigenvalue weighted by Gasteiger charge is -2.20. The molecule has 92 valence electrons. The maximum absolute atomic E-state index is 4.32. The van der Waals surface area contributed by atoms with E-state index in [4.69, 9.17) is 0 Å². The van der Waals surface area contributed by atoms with Crippen molar-refractivity contribution in [3.63, 3.8) is 0 Å². The summed E-state index contributed by atoms with van der Waals surface area (Å²) in [5, 5.41) is 3.41. The maximum atomic E-state index is 4.32. The number of halogens is 1. The van der Waals surface area contributed by atoms with Crippen molar-refractivity contribution in [2.75, 3.05) is 20.1 Å². The fraction of sp³-hybridized carbons (Fsp3) is 0.462. The van der Waals surface area contributed by atoms with Crippen LogP contribution in [0.25, 0.3) is 0 Å². The molecule has 1 saturated heterocycles. The van der Waals surface area contributed by atoms with E-state index in [0.717, 1.165) is 30.1 Å². The van der Waals surface area contributed by atoms with Crippen LogP contribution in [0.4, 0.5) is 0 Å². The van der Waals surface area contributed by atoms with Crippen LogP contribution in [-0.4, -0.2) is 31.0 Å². The minimum atomic E-state index is 0.830. The van der Waals surface area contributed by atoms with Crippen LogP contribution in [0.1, 0.15) is 18.4 Å². The van der Waals surface area contributed by atoms with Gasteiger partial charge >= 0.3 is 0 Å². The van der Waals surface area contributed by atoms with Crippen LogP contribution in [0.3, 0.4) is 0 Å². The molecule has 4 heteroatoms. The van der Waals surface area contributed by atoms with Gasteiger partial charge in [-0.2, -0.15) is 0 Å². The summed E-state index contributed by atoms with van der Waals surface area (Å²) in [7, 11) is 1.85. The summed E-state index contributed by atoms with van der Waals surface area (Å²) in [6.07, 6.45) is 2.55. The zero-order valence-electron chi connectivity index (χ0n) is 10.1. The summed E-state index contributed by atoms with van der Waals surface area (Å²) in [5.74, 6) is 1.02. The van der Waals surface area contributed by atoms with Crippen LogP contribution in [0.15, 0.2) is 33.7 Å². The molecule has 0 unspecified atom stereocenters. The SMILES string of the molecule is CN=C(NCc1ccc(Br)cc1)N1CCCC1. The lowest BCUT2D eigenvalue weighted by atomic mass is 10.2. The largest absolute Gasteiger partial charge is 0.352 e. The zero-order valence-corrected chi connectivity index (χ0v) is 11.7. The van der Waals surface area contributed by atoms with Crippen molar-refractivity contribution in [2.45, 2.75) is 19.4 Å². The number of benzene rings is 1. The predicted molar refractivity (Wildman–Crippen MR) is 75.1 cm³/mol. The lowest BCUT2D eigenvalue weighted by molar-refractivity contribution is 0.493. The molecule has 3 nitrogen and oxygen atoms in total. The van der Waals surface area contributed by atoms with Crippen molar-refractivity contribution in [3.05, 3.63) is 34.3 Å². The molecule has 0 aliphatic carbocycles. The molecule has 1 aromatic rings. The van der Waals surface area contributed by atoms with Crippen LogP contribution in [0.5, 0.6) is 0 Å². The van der Waals surface area contributed by atoms with E-state index in [1.54, 1.807) is 0 Å². The quantitative estimate of drug-likeness (QED) is 0.671. The first-order valence-corrected chi connectivity index (χ1v) is 6.79. The van der Waals surface area contributed by atoms with E-state index in [1.807, 2.05) is 7.05 Å². The highest BCUT2D eigenvalue weighted by Gasteiger charge is 2.14. The van der Waals surface area contributed by atoms with Crippen molar-refractivity contribution in [1.82, 2.24) is 10.2 Å². The van der Waals surface area contributed by atoms with Gasteiger partial charge in [-0.05, 0) is 30.5 Å². The summed E-state index contributed by atoms with van der Waals surface area (Å²) in [6, 6.07) is 8.37. The van der Waals surface area contributed by atoms with Gasteiger partial charge in [-0.1, -0.05) is 28.1 Å². The molecule has 0 saturated carbocycles. The summed E-state index contributed by atoms with van der Waals surface area (Å²) in [6.45, 7) is 3.08. The molecule has 1 aliphatic heterocycles. The maximum Gasteiger partial charge on any atom is 0.193 e. The molecule has 1 aromatic carbocycles. The summed E-state index contributed by atoms with van der Waals surface area (Å²) in [5.41, 5.74) is 1.27. The summed E-state index contributed by atoms with van der Waals surface area (Å²) < 4.78 is 1.12. The van der Waals surface area contributed by atoms with E-state index < -0.39 is 0 Å². The Morgan fingerprint density at radius 1 is 1.29 bits per heavy atom. The first-order chi connectivity index (χ1) is 8.29. The van der Waals surface area contributed by atoms with Crippen molar-refractivity contribution in [2.24, 2.45) is 4.99 Å². The summed E-state index contributed by atoms with van der Waals surface area (Å²) >= 11 is 3.44. The molecular formula is C13H18BrN3. The van der Waals surface area contributed by atoms with Gasteiger partial charge in [0.1, 0.15) is 0 Å². The van der Waals surface area contributed by atoms with E-state index >= 15 is 0 Å². The molecule has 0 radical (unpaired) electrons. The number of aliphatic imine (C=N–C) groups is 1. The second-order valence-electron chi connectivity index (χ2n) is 4.22. The Hall–Kier alpha value is -1.03. The Bertz CT molecular complexity index is 380. The first-order valence-electron chi connectivity index (χ1n) is 5.99. The number of nitrogens with zero attached hydrogens (tertiary/aromatic N) is 2. The molecule has 0 atom stereocenters. The van der Waals surface area contributed by atoms with Crippen molar-refractivity contribution < 1.29 is 0 Å². The second kappa shape index (κ2) is 6.05. The number of hydrogen-bond donors (Lipinski definition) is 1. The molecule has 17 heavy (non-hydrogen) atoms. The van der Waals surface area contributed by atoms with Gasteiger partial charge in [-0.3, -0.25) is 4.99 Å². The molecule has 1 fully saturated rings. The normalized spacial score (nSPS) is 16.4. The smallest absolute Gasteiger partial charge is 0.193 e. The number of likely N-dealkylation sites (tertiary alicyclic amines) is 1. The Kier molecular flexibility index (Phi) is 4.42. The average Bonchev–Trinajstić information content (AvgIpc) is 2.86. The molecule has 2 rings (SSSR count). The molecule has 0 bridgehead atoms. The van der Waals surface area contributed by atoms with Gasteiger partial charge < -0.3 is 10.2 Å². The minimum Gasteiger partial charge on any atom is -0.352 e. The zero-order chi connectivity index (χ0) is 12.1. The van der Waals surface area contributed by atoms with Crippen molar-refractivity contribution in [1.29, 1.82) is 0 Å². The Morgan fingerprint density at radius 2 is 1.94 bits per heavy atom. The van der Waals surface area contributed by atoms with Crippen molar-refractivity contribution in [3.8, 4) is 0 Å². The minimum absolute atomic E-state index is 0.830. The van der Waals surface area contributed by atoms with Crippen LogP contribution >= 0.6 is 15.9 Å². The second-order valence-corrected chi connectivity index (χ2v) is 5.14. The highest BCUT2D eigenvalue weighted by Crippen LogP contribution is 2.11. The van der Waals surface area contributed by atoms with Gasteiger partial charge in [-0.15, -0.1) is 0 Å². The Balaban J connectivity index is 1.89. The van der Waals surface area contributed by atoms with Gasteiger partial charge in [0.05, 0.1) is 0 Å². The average molecular weight is 296 g/mol. The lowest BCUT2D eigenvalue weighted by Crippen LogP contribution is -2.39. The number of rotatable bonds is 2. The summed E-state index contributed by atoms with van der Waals surface area (Å²) in [4.78, 5) is 6.64. The Morgan fingerprint density at radius 3 is 2.53 bits per heavy atom. The van der Waals surface area contributed by atoms with Crippen LogP contribution in [0, 0.1) is 0 Å². The molecule has 1 aliphatic rings. The highest BCUT2D eigenvalue weighted by atomic mass is 79.9. The fourth-order valence-electron chi connectivity index (χ4n) is 2.04. The van der Waals surface area contributed by atoms with Gasteiger partial charge in [0.25, 0.3) is 0 Å². The van der Waals surface area contributed by atoms with Crippen LogP contribution in [-0.2, 0) is 6.54 Å².